The van der Waals surface area contributed by atoms with Crippen molar-refractivity contribution in [2.24, 2.45) is 5.92 Å². The van der Waals surface area contributed by atoms with E-state index in [4.69, 9.17) is 4.74 Å². The fourth-order valence-electron chi connectivity index (χ4n) is 4.12. The van der Waals surface area contributed by atoms with Gasteiger partial charge in [0.05, 0.1) is 24.0 Å². The lowest BCUT2D eigenvalue weighted by Gasteiger charge is -2.22. The molecule has 5 rings (SSSR count). The number of rotatable bonds is 7. The van der Waals surface area contributed by atoms with Gasteiger partial charge in [0.2, 0.25) is 5.95 Å². The average molecular weight is 589 g/mol. The van der Waals surface area contributed by atoms with Crippen LogP contribution in [0.5, 0.6) is 5.75 Å². The van der Waals surface area contributed by atoms with Crippen molar-refractivity contribution in [1.29, 1.82) is 0 Å². The SMILES string of the molecule is Cc1ccc(Br)cc1NC(=O)c1nc[nH]c1C(=O)Nc1nc2ccc(OCC3CCNCC3)cc2[nH]1.Cl. The Bertz CT molecular complexity index is 1410. The van der Waals surface area contributed by atoms with Gasteiger partial charge in [0.25, 0.3) is 11.8 Å². The van der Waals surface area contributed by atoms with Crippen LogP contribution in [-0.2, 0) is 0 Å². The second-order valence-electron chi connectivity index (χ2n) is 8.76. The van der Waals surface area contributed by atoms with Crippen LogP contribution >= 0.6 is 28.3 Å². The molecular weight excluding hydrogens is 562 g/mol. The molecule has 2 amide bonds. The minimum absolute atomic E-state index is 0. The highest BCUT2D eigenvalue weighted by molar-refractivity contribution is 9.10. The summed E-state index contributed by atoms with van der Waals surface area (Å²) < 4.78 is 6.81. The number of hydrogen-bond acceptors (Lipinski definition) is 6. The lowest BCUT2D eigenvalue weighted by molar-refractivity contribution is 0.0985. The summed E-state index contributed by atoms with van der Waals surface area (Å²) in [5.41, 5.74) is 2.95. The number of hydrogen-bond donors (Lipinski definition) is 5. The lowest BCUT2D eigenvalue weighted by atomic mass is 9.99. The third-order valence-corrected chi connectivity index (χ3v) is 6.65. The van der Waals surface area contributed by atoms with Crippen molar-refractivity contribution in [3.63, 3.8) is 0 Å². The highest BCUT2D eigenvalue weighted by Gasteiger charge is 2.22. The Labute approximate surface area is 227 Å². The molecule has 3 heterocycles. The number of halogens is 2. The number of carbonyl (C=O) groups is 2. The molecule has 2 aromatic carbocycles. The van der Waals surface area contributed by atoms with Crippen LogP contribution in [0.4, 0.5) is 11.6 Å². The second-order valence-corrected chi connectivity index (χ2v) is 9.68. The summed E-state index contributed by atoms with van der Waals surface area (Å²) in [5.74, 6) is 0.520. The first-order valence-electron chi connectivity index (χ1n) is 11.7. The zero-order chi connectivity index (χ0) is 25.1. The van der Waals surface area contributed by atoms with Crippen molar-refractivity contribution in [1.82, 2.24) is 25.3 Å². The molecule has 194 valence electrons. The van der Waals surface area contributed by atoms with Crippen LogP contribution in [0, 0.1) is 12.8 Å². The van der Waals surface area contributed by atoms with Crippen LogP contribution in [0.25, 0.3) is 11.0 Å². The van der Waals surface area contributed by atoms with E-state index >= 15 is 0 Å². The monoisotopic (exact) mass is 587 g/mol. The fourth-order valence-corrected chi connectivity index (χ4v) is 4.48. The molecule has 2 aromatic heterocycles. The van der Waals surface area contributed by atoms with Crippen molar-refractivity contribution >= 4 is 62.8 Å². The summed E-state index contributed by atoms with van der Waals surface area (Å²) in [6.07, 6.45) is 3.53. The van der Waals surface area contributed by atoms with E-state index in [1.54, 1.807) is 6.07 Å². The number of aromatic nitrogens is 4. The number of nitrogens with one attached hydrogen (secondary N) is 5. The lowest BCUT2D eigenvalue weighted by Crippen LogP contribution is -2.30. The van der Waals surface area contributed by atoms with Gasteiger partial charge in [0, 0.05) is 16.2 Å². The molecule has 0 bridgehead atoms. The van der Waals surface area contributed by atoms with Gasteiger partial charge in [-0.3, -0.25) is 14.9 Å². The van der Waals surface area contributed by atoms with Gasteiger partial charge in [0.15, 0.2) is 5.69 Å². The largest absolute Gasteiger partial charge is 0.493 e. The summed E-state index contributed by atoms with van der Waals surface area (Å²) in [5, 5.41) is 8.86. The molecule has 0 aliphatic carbocycles. The van der Waals surface area contributed by atoms with Gasteiger partial charge in [-0.1, -0.05) is 22.0 Å². The number of amides is 2. The summed E-state index contributed by atoms with van der Waals surface area (Å²) in [7, 11) is 0. The van der Waals surface area contributed by atoms with E-state index in [1.165, 1.54) is 6.33 Å². The predicted molar refractivity (Wildman–Crippen MR) is 148 cm³/mol. The number of fused-ring (bicyclic) bond motifs is 1. The molecule has 0 unspecified atom stereocenters. The van der Waals surface area contributed by atoms with Crippen molar-refractivity contribution in [3.05, 3.63) is 64.1 Å². The quantitative estimate of drug-likeness (QED) is 0.213. The van der Waals surface area contributed by atoms with E-state index in [9.17, 15) is 9.59 Å². The number of anilines is 2. The Balaban J connectivity index is 0.00000320. The van der Waals surface area contributed by atoms with Crippen LogP contribution < -0.4 is 20.7 Å². The maximum absolute atomic E-state index is 12.9. The van der Waals surface area contributed by atoms with Gasteiger partial charge in [-0.2, -0.15) is 0 Å². The molecule has 0 atom stereocenters. The molecule has 0 spiro atoms. The van der Waals surface area contributed by atoms with Crippen LogP contribution in [-0.4, -0.2) is 51.4 Å². The zero-order valence-electron chi connectivity index (χ0n) is 20.1. The molecule has 1 saturated heterocycles. The average Bonchev–Trinajstić information content (AvgIpc) is 3.52. The molecule has 0 radical (unpaired) electrons. The number of aromatic amines is 2. The van der Waals surface area contributed by atoms with Gasteiger partial charge in [0.1, 0.15) is 11.4 Å². The molecule has 5 N–H and O–H groups in total. The van der Waals surface area contributed by atoms with Gasteiger partial charge in [-0.05, 0) is 68.6 Å². The predicted octanol–water partition coefficient (Wildman–Crippen LogP) is 4.66. The van der Waals surface area contributed by atoms with Gasteiger partial charge in [-0.25, -0.2) is 9.97 Å². The summed E-state index contributed by atoms with van der Waals surface area (Å²) in [4.78, 5) is 40.1. The molecule has 0 saturated carbocycles. The van der Waals surface area contributed by atoms with E-state index in [1.807, 2.05) is 37.3 Å². The number of H-pyrrole nitrogens is 2. The number of carbonyl (C=O) groups excluding carboxylic acids is 2. The first-order chi connectivity index (χ1) is 17.5. The van der Waals surface area contributed by atoms with Crippen molar-refractivity contribution in [2.45, 2.75) is 19.8 Å². The minimum Gasteiger partial charge on any atom is -0.493 e. The Morgan fingerprint density at radius 1 is 1.11 bits per heavy atom. The van der Waals surface area contributed by atoms with Crippen molar-refractivity contribution in [3.8, 4) is 5.75 Å². The van der Waals surface area contributed by atoms with E-state index < -0.39 is 11.8 Å². The summed E-state index contributed by atoms with van der Waals surface area (Å²) >= 11 is 3.40. The Kier molecular flexibility index (Phi) is 8.47. The number of nitrogens with zero attached hydrogens (tertiary/aromatic N) is 2. The third kappa shape index (κ3) is 6.30. The standard InChI is InChI=1S/C25H26BrN7O3.ClH/c1-14-2-3-16(26)10-19(14)30-23(34)21-22(29-13-28-21)24(35)33-25-31-18-5-4-17(11-20(18)32-25)36-12-15-6-8-27-9-7-15;/h2-5,10-11,13,15,27H,6-9,12H2,1H3,(H,28,29)(H,30,34)(H2,31,32,33,35);1H. The van der Waals surface area contributed by atoms with Crippen LogP contribution in [0.3, 0.4) is 0 Å². The highest BCUT2D eigenvalue weighted by Crippen LogP contribution is 2.24. The number of ether oxygens (including phenoxy) is 1. The van der Waals surface area contributed by atoms with Gasteiger partial charge >= 0.3 is 0 Å². The number of imidazole rings is 2. The first kappa shape index (κ1) is 26.6. The van der Waals surface area contributed by atoms with Crippen LogP contribution in [0.2, 0.25) is 0 Å². The van der Waals surface area contributed by atoms with E-state index in [2.05, 4.69) is 51.8 Å². The maximum atomic E-state index is 12.9. The van der Waals surface area contributed by atoms with E-state index in [0.717, 1.165) is 47.2 Å². The fraction of sp³-hybridized carbons (Fsp3) is 0.280. The van der Waals surface area contributed by atoms with E-state index in [0.29, 0.717) is 23.7 Å². The van der Waals surface area contributed by atoms with Gasteiger partial charge < -0.3 is 25.3 Å². The molecule has 4 aromatic rings. The molecule has 1 fully saturated rings. The molecule has 12 heteroatoms. The molecular formula is C25H27BrClN7O3. The van der Waals surface area contributed by atoms with Crippen molar-refractivity contribution in [2.75, 3.05) is 30.3 Å². The third-order valence-electron chi connectivity index (χ3n) is 6.16. The highest BCUT2D eigenvalue weighted by atomic mass is 79.9. The van der Waals surface area contributed by atoms with E-state index in [-0.39, 0.29) is 29.7 Å². The molecule has 1 aliphatic heterocycles. The number of aryl methyl sites for hydroxylation is 1. The summed E-state index contributed by atoms with van der Waals surface area (Å²) in [6.45, 7) is 4.61. The number of benzene rings is 2. The maximum Gasteiger partial charge on any atom is 0.276 e. The van der Waals surface area contributed by atoms with Crippen LogP contribution in [0.1, 0.15) is 39.4 Å². The Morgan fingerprint density at radius 2 is 1.92 bits per heavy atom. The second kappa shape index (κ2) is 11.8. The van der Waals surface area contributed by atoms with Crippen molar-refractivity contribution < 1.29 is 14.3 Å². The zero-order valence-corrected chi connectivity index (χ0v) is 22.5. The topological polar surface area (TPSA) is 137 Å². The number of piperidine rings is 1. The normalized spacial score (nSPS) is 13.7. The molecule has 10 nitrogen and oxygen atoms in total. The Hall–Kier alpha value is -3.41. The minimum atomic E-state index is -0.537. The molecule has 37 heavy (non-hydrogen) atoms. The molecule has 1 aliphatic rings. The van der Waals surface area contributed by atoms with Gasteiger partial charge in [-0.15, -0.1) is 12.4 Å². The smallest absolute Gasteiger partial charge is 0.276 e. The first-order valence-corrected chi connectivity index (χ1v) is 12.5. The van der Waals surface area contributed by atoms with Crippen LogP contribution in [0.15, 0.2) is 47.2 Å². The Morgan fingerprint density at radius 3 is 2.73 bits per heavy atom. The summed E-state index contributed by atoms with van der Waals surface area (Å²) in [6, 6.07) is 11.1.